The van der Waals surface area contributed by atoms with Crippen molar-refractivity contribution in [3.8, 4) is 0 Å². The Morgan fingerprint density at radius 1 is 0.973 bits per heavy atom. The first-order chi connectivity index (χ1) is 17.8. The number of rotatable bonds is 6. The standard InChI is InChI=1S/C28H19ClN2O6/c1-16-20-13-11-17-7-5-6-10-21(17)26(20)36-24(16)28(33)37-25(18-8-3-2-4-9-18)27(32)30-19-12-14-22(29)23(15-19)31(34)35/h2-15,25H,1H3,(H,30,32)/t25-/m0/s1. The number of anilines is 1. The van der Waals surface area contributed by atoms with Gasteiger partial charge in [-0.3, -0.25) is 14.9 Å². The number of nitro benzene ring substituents is 1. The number of carbonyl (C=O) groups excluding carboxylic acids is 2. The zero-order chi connectivity index (χ0) is 26.1. The van der Waals surface area contributed by atoms with Gasteiger partial charge >= 0.3 is 5.97 Å². The lowest BCUT2D eigenvalue weighted by molar-refractivity contribution is -0.384. The number of nitro groups is 1. The molecule has 1 atom stereocenters. The van der Waals surface area contributed by atoms with Crippen molar-refractivity contribution in [2.45, 2.75) is 13.0 Å². The molecule has 1 N–H and O–H groups in total. The van der Waals surface area contributed by atoms with Gasteiger partial charge in [0.15, 0.2) is 0 Å². The van der Waals surface area contributed by atoms with Crippen LogP contribution in [0.4, 0.5) is 11.4 Å². The number of nitrogens with zero attached hydrogens (tertiary/aromatic N) is 1. The van der Waals surface area contributed by atoms with Gasteiger partial charge in [-0.2, -0.15) is 0 Å². The molecule has 8 nitrogen and oxygen atoms in total. The molecule has 5 aromatic rings. The second-order valence-corrected chi connectivity index (χ2v) is 8.74. The van der Waals surface area contributed by atoms with Gasteiger partial charge in [0.25, 0.3) is 11.6 Å². The van der Waals surface area contributed by atoms with Gasteiger partial charge in [-0.1, -0.05) is 78.3 Å². The predicted molar refractivity (Wildman–Crippen MR) is 140 cm³/mol. The molecule has 1 amide bonds. The van der Waals surface area contributed by atoms with E-state index in [0.29, 0.717) is 16.7 Å². The Kier molecular flexibility index (Phi) is 6.33. The lowest BCUT2D eigenvalue weighted by atomic mass is 10.1. The average molecular weight is 515 g/mol. The van der Waals surface area contributed by atoms with Crippen LogP contribution in [-0.2, 0) is 9.53 Å². The van der Waals surface area contributed by atoms with Crippen molar-refractivity contribution >= 4 is 56.6 Å². The highest BCUT2D eigenvalue weighted by Crippen LogP contribution is 2.33. The normalized spacial score (nSPS) is 11.8. The average Bonchev–Trinajstić information content (AvgIpc) is 3.25. The van der Waals surface area contributed by atoms with E-state index >= 15 is 0 Å². The van der Waals surface area contributed by atoms with Crippen LogP contribution in [0.3, 0.4) is 0 Å². The molecule has 0 aliphatic heterocycles. The Hall–Kier alpha value is -4.69. The van der Waals surface area contributed by atoms with Crippen LogP contribution in [0.15, 0.2) is 89.3 Å². The molecular weight excluding hydrogens is 496 g/mol. The van der Waals surface area contributed by atoms with E-state index in [9.17, 15) is 19.7 Å². The van der Waals surface area contributed by atoms with Crippen molar-refractivity contribution in [3.05, 3.63) is 117 Å². The monoisotopic (exact) mass is 514 g/mol. The predicted octanol–water partition coefficient (Wildman–Crippen LogP) is 6.99. The summed E-state index contributed by atoms with van der Waals surface area (Å²) in [5.41, 5.74) is 1.32. The highest BCUT2D eigenvalue weighted by molar-refractivity contribution is 6.32. The second kappa shape index (κ2) is 9.75. The van der Waals surface area contributed by atoms with E-state index in [1.807, 2.05) is 36.4 Å². The largest absolute Gasteiger partial charge is 0.448 e. The Labute approximate surface area is 215 Å². The van der Waals surface area contributed by atoms with E-state index in [2.05, 4.69) is 5.32 Å². The number of fused-ring (bicyclic) bond motifs is 3. The van der Waals surface area contributed by atoms with Gasteiger partial charge in [0, 0.05) is 33.7 Å². The first kappa shape index (κ1) is 24.0. The molecular formula is C28H19ClN2O6. The van der Waals surface area contributed by atoms with E-state index in [4.69, 9.17) is 20.8 Å². The van der Waals surface area contributed by atoms with E-state index in [1.165, 1.54) is 12.1 Å². The fraction of sp³-hybridized carbons (Fsp3) is 0.0714. The minimum Gasteiger partial charge on any atom is -0.448 e. The first-order valence-electron chi connectivity index (χ1n) is 11.2. The summed E-state index contributed by atoms with van der Waals surface area (Å²) in [6.07, 6.45) is -1.35. The van der Waals surface area contributed by atoms with E-state index in [1.54, 1.807) is 37.3 Å². The molecule has 0 bridgehead atoms. The molecule has 0 fully saturated rings. The van der Waals surface area contributed by atoms with Crippen LogP contribution in [0.25, 0.3) is 21.7 Å². The summed E-state index contributed by atoms with van der Waals surface area (Å²) < 4.78 is 11.6. The molecule has 0 aliphatic rings. The number of amides is 1. The lowest BCUT2D eigenvalue weighted by Gasteiger charge is -2.18. The number of aryl methyl sites for hydroxylation is 1. The SMILES string of the molecule is Cc1c(C(=O)O[C@H](C(=O)Nc2ccc(Cl)c([N+](=O)[O-])c2)c2ccccc2)oc2c1ccc1ccccc12. The molecule has 1 heterocycles. The Morgan fingerprint density at radius 2 is 1.70 bits per heavy atom. The molecule has 0 spiro atoms. The van der Waals surface area contributed by atoms with Gasteiger partial charge < -0.3 is 14.5 Å². The first-order valence-corrected chi connectivity index (χ1v) is 11.6. The maximum absolute atomic E-state index is 13.3. The summed E-state index contributed by atoms with van der Waals surface area (Å²) in [5, 5.41) is 16.3. The zero-order valence-electron chi connectivity index (χ0n) is 19.4. The minimum atomic E-state index is -1.35. The van der Waals surface area contributed by atoms with Crippen molar-refractivity contribution in [1.82, 2.24) is 0 Å². The topological polar surface area (TPSA) is 112 Å². The van der Waals surface area contributed by atoms with Crippen LogP contribution < -0.4 is 5.32 Å². The summed E-state index contributed by atoms with van der Waals surface area (Å²) in [6.45, 7) is 1.75. The van der Waals surface area contributed by atoms with Crippen LogP contribution in [0.2, 0.25) is 5.02 Å². The number of halogens is 1. The highest BCUT2D eigenvalue weighted by atomic mass is 35.5. The molecule has 0 aliphatic carbocycles. The van der Waals surface area contributed by atoms with E-state index in [-0.39, 0.29) is 22.2 Å². The molecule has 37 heavy (non-hydrogen) atoms. The molecule has 4 aromatic carbocycles. The maximum Gasteiger partial charge on any atom is 0.375 e. The second-order valence-electron chi connectivity index (χ2n) is 8.33. The minimum absolute atomic E-state index is 0.0118. The van der Waals surface area contributed by atoms with Crippen molar-refractivity contribution in [3.63, 3.8) is 0 Å². The van der Waals surface area contributed by atoms with Crippen molar-refractivity contribution in [2.24, 2.45) is 0 Å². The molecule has 0 saturated carbocycles. The quantitative estimate of drug-likeness (QED) is 0.148. The molecule has 0 saturated heterocycles. The van der Waals surface area contributed by atoms with Gasteiger partial charge in [-0.05, 0) is 24.4 Å². The number of furan rings is 1. The van der Waals surface area contributed by atoms with Crippen molar-refractivity contribution in [1.29, 1.82) is 0 Å². The summed E-state index contributed by atoms with van der Waals surface area (Å²) in [6, 6.07) is 23.8. The van der Waals surface area contributed by atoms with E-state index in [0.717, 1.165) is 22.2 Å². The van der Waals surface area contributed by atoms with Crippen LogP contribution >= 0.6 is 11.6 Å². The summed E-state index contributed by atoms with van der Waals surface area (Å²) >= 11 is 5.87. The van der Waals surface area contributed by atoms with Crippen LogP contribution in [0.1, 0.15) is 27.8 Å². The number of benzene rings is 4. The fourth-order valence-corrected chi connectivity index (χ4v) is 4.33. The maximum atomic E-state index is 13.3. The molecule has 5 rings (SSSR count). The van der Waals surface area contributed by atoms with Crippen LogP contribution in [0, 0.1) is 17.0 Å². The van der Waals surface area contributed by atoms with Crippen LogP contribution in [-0.4, -0.2) is 16.8 Å². The third-order valence-corrected chi connectivity index (χ3v) is 6.31. The molecule has 1 aromatic heterocycles. The molecule has 184 valence electrons. The third kappa shape index (κ3) is 4.62. The van der Waals surface area contributed by atoms with Gasteiger partial charge in [0.1, 0.15) is 10.6 Å². The fourth-order valence-electron chi connectivity index (χ4n) is 4.14. The number of esters is 1. The van der Waals surface area contributed by atoms with Gasteiger partial charge in [0.2, 0.25) is 11.9 Å². The van der Waals surface area contributed by atoms with Gasteiger partial charge in [-0.25, -0.2) is 4.79 Å². The smallest absolute Gasteiger partial charge is 0.375 e. The molecule has 0 unspecified atom stereocenters. The third-order valence-electron chi connectivity index (χ3n) is 5.99. The zero-order valence-corrected chi connectivity index (χ0v) is 20.2. The number of hydrogen-bond donors (Lipinski definition) is 1. The van der Waals surface area contributed by atoms with E-state index < -0.39 is 22.9 Å². The van der Waals surface area contributed by atoms with Crippen LogP contribution in [0.5, 0.6) is 0 Å². The Balaban J connectivity index is 1.48. The Bertz CT molecular complexity index is 1680. The summed E-state index contributed by atoms with van der Waals surface area (Å²) in [7, 11) is 0. The molecule has 0 radical (unpaired) electrons. The number of nitrogens with one attached hydrogen (secondary N) is 1. The summed E-state index contributed by atoms with van der Waals surface area (Å²) in [5.74, 6) is -1.53. The Morgan fingerprint density at radius 3 is 2.46 bits per heavy atom. The summed E-state index contributed by atoms with van der Waals surface area (Å²) in [4.78, 5) is 37.1. The lowest BCUT2D eigenvalue weighted by Crippen LogP contribution is -2.26. The number of carbonyl (C=O) groups is 2. The van der Waals surface area contributed by atoms with Crippen molar-refractivity contribution in [2.75, 3.05) is 5.32 Å². The highest BCUT2D eigenvalue weighted by Gasteiger charge is 2.29. The number of hydrogen-bond acceptors (Lipinski definition) is 6. The molecule has 9 heteroatoms. The van der Waals surface area contributed by atoms with Gasteiger partial charge in [0.05, 0.1) is 4.92 Å². The van der Waals surface area contributed by atoms with Crippen molar-refractivity contribution < 1.29 is 23.7 Å². The van der Waals surface area contributed by atoms with Gasteiger partial charge in [-0.15, -0.1) is 0 Å². The number of ether oxygens (including phenoxy) is 1.